The molecule has 3 N–H and O–H groups in total. The van der Waals surface area contributed by atoms with Gasteiger partial charge in [0.25, 0.3) is 5.91 Å². The number of amides is 2. The van der Waals surface area contributed by atoms with Gasteiger partial charge in [0.05, 0.1) is 26.1 Å². The maximum Gasteiger partial charge on any atom is 0.259 e. The molecule has 1 unspecified atom stereocenters. The Kier molecular flexibility index (Phi) is 6.39. The third-order valence-corrected chi connectivity index (χ3v) is 4.78. The number of carbonyl (C=O) groups is 2. The molecule has 2 aromatic rings. The van der Waals surface area contributed by atoms with Crippen LogP contribution in [0.1, 0.15) is 18.9 Å². The number of aliphatic imine (C=N–C) groups is 1. The van der Waals surface area contributed by atoms with E-state index in [1.165, 1.54) is 4.90 Å². The number of nitrogens with two attached hydrogens (primary N) is 1. The van der Waals surface area contributed by atoms with Gasteiger partial charge >= 0.3 is 0 Å². The molecule has 2 amide bonds. The molecule has 3 rings (SSSR count). The molecule has 1 atom stereocenters. The molecule has 0 aromatic heterocycles. The number of ether oxygens (including phenoxy) is 1. The predicted octanol–water partition coefficient (Wildman–Crippen LogP) is 2.34. The molecule has 29 heavy (non-hydrogen) atoms. The van der Waals surface area contributed by atoms with E-state index in [1.807, 2.05) is 42.5 Å². The van der Waals surface area contributed by atoms with Crippen LogP contribution < -0.4 is 15.8 Å². The van der Waals surface area contributed by atoms with E-state index in [4.69, 9.17) is 22.1 Å². The molecule has 0 radical (unpaired) electrons. The summed E-state index contributed by atoms with van der Waals surface area (Å²) in [5, 5.41) is 3.33. The highest BCUT2D eigenvalue weighted by Gasteiger charge is 2.44. The monoisotopic (exact) mass is 414 g/mol. The normalized spacial score (nSPS) is 18.5. The topological polar surface area (TPSA) is 97.0 Å². The van der Waals surface area contributed by atoms with Crippen LogP contribution in [0.4, 0.5) is 0 Å². The van der Waals surface area contributed by atoms with E-state index in [9.17, 15) is 9.59 Å². The van der Waals surface area contributed by atoms with Crippen molar-refractivity contribution in [2.24, 2.45) is 10.7 Å². The number of guanidine groups is 1. The summed E-state index contributed by atoms with van der Waals surface area (Å²) in [6.45, 7) is 2.22. The lowest BCUT2D eigenvalue weighted by Gasteiger charge is -2.22. The summed E-state index contributed by atoms with van der Waals surface area (Å²) in [4.78, 5) is 30.7. The summed E-state index contributed by atoms with van der Waals surface area (Å²) in [5.74, 6) is 0.333. The molecule has 152 valence electrons. The molecule has 0 fully saturated rings. The van der Waals surface area contributed by atoms with Crippen molar-refractivity contribution in [3.05, 3.63) is 65.2 Å². The number of rotatable bonds is 8. The van der Waals surface area contributed by atoms with Crippen molar-refractivity contribution in [1.29, 1.82) is 0 Å². The van der Waals surface area contributed by atoms with Crippen molar-refractivity contribution < 1.29 is 14.3 Å². The van der Waals surface area contributed by atoms with E-state index in [2.05, 4.69) is 10.3 Å². The van der Waals surface area contributed by atoms with Gasteiger partial charge in [-0.15, -0.1) is 0 Å². The predicted molar refractivity (Wildman–Crippen MR) is 112 cm³/mol. The first kappa shape index (κ1) is 20.7. The van der Waals surface area contributed by atoms with Crippen LogP contribution in [0.5, 0.6) is 5.75 Å². The Balaban J connectivity index is 1.51. The smallest absolute Gasteiger partial charge is 0.259 e. The zero-order chi connectivity index (χ0) is 20.9. The first-order chi connectivity index (χ1) is 13.9. The highest BCUT2D eigenvalue weighted by Crippen LogP contribution is 2.23. The van der Waals surface area contributed by atoms with Gasteiger partial charge in [-0.3, -0.25) is 14.5 Å². The second-order valence-corrected chi connectivity index (χ2v) is 7.39. The van der Waals surface area contributed by atoms with Gasteiger partial charge in [-0.1, -0.05) is 41.9 Å². The molecule has 1 aliphatic rings. The lowest BCUT2D eigenvalue weighted by molar-refractivity contribution is -0.131. The number of nitrogens with one attached hydrogen (secondary N) is 1. The maximum absolute atomic E-state index is 12.9. The molecule has 8 heteroatoms. The minimum Gasteiger partial charge on any atom is -0.493 e. The van der Waals surface area contributed by atoms with E-state index in [-0.39, 0.29) is 43.9 Å². The molecule has 0 bridgehead atoms. The van der Waals surface area contributed by atoms with Crippen LogP contribution in [0.15, 0.2) is 59.6 Å². The molecule has 1 aliphatic heterocycles. The van der Waals surface area contributed by atoms with Gasteiger partial charge in [0.1, 0.15) is 5.75 Å². The zero-order valence-corrected chi connectivity index (χ0v) is 16.9. The molecule has 0 spiro atoms. The number of carbonyl (C=O) groups excluding carboxylic acids is 2. The maximum atomic E-state index is 12.9. The summed E-state index contributed by atoms with van der Waals surface area (Å²) >= 11 is 6.00. The first-order valence-electron chi connectivity index (χ1n) is 9.24. The molecular formula is C21H23ClN4O3. The number of nitrogens with zero attached hydrogens (tertiary/aromatic N) is 2. The van der Waals surface area contributed by atoms with Crippen molar-refractivity contribution in [3.63, 3.8) is 0 Å². The van der Waals surface area contributed by atoms with E-state index in [0.717, 1.165) is 5.56 Å². The van der Waals surface area contributed by atoms with Crippen molar-refractivity contribution in [3.8, 4) is 5.75 Å². The number of halogens is 1. The molecule has 7 nitrogen and oxygen atoms in total. The summed E-state index contributed by atoms with van der Waals surface area (Å²) in [7, 11) is 0. The summed E-state index contributed by atoms with van der Waals surface area (Å²) < 4.78 is 5.51. The molecule has 2 aromatic carbocycles. The summed E-state index contributed by atoms with van der Waals surface area (Å²) in [6, 6.07) is 16.4. The summed E-state index contributed by atoms with van der Waals surface area (Å²) in [6.07, 6.45) is 0.171. The third-order valence-electron chi connectivity index (χ3n) is 4.54. The molecule has 0 aliphatic carbocycles. The van der Waals surface area contributed by atoms with Crippen molar-refractivity contribution in [2.75, 3.05) is 13.2 Å². The third kappa shape index (κ3) is 5.26. The summed E-state index contributed by atoms with van der Waals surface area (Å²) in [5.41, 5.74) is 5.67. The van der Waals surface area contributed by atoms with E-state index < -0.39 is 5.54 Å². The van der Waals surface area contributed by atoms with Crippen LogP contribution in [0, 0.1) is 0 Å². The van der Waals surface area contributed by atoms with Gasteiger partial charge < -0.3 is 15.8 Å². The van der Waals surface area contributed by atoms with Crippen molar-refractivity contribution >= 4 is 29.4 Å². The Morgan fingerprint density at radius 3 is 2.72 bits per heavy atom. The van der Waals surface area contributed by atoms with Gasteiger partial charge in [0, 0.05) is 5.02 Å². The Morgan fingerprint density at radius 1 is 1.24 bits per heavy atom. The van der Waals surface area contributed by atoms with Crippen molar-refractivity contribution in [1.82, 2.24) is 10.2 Å². The SMILES string of the molecule is CC1(CNC(=O)CCOc2ccccc2)N=C(N)N(Cc2cccc(Cl)c2)C1=O. The van der Waals surface area contributed by atoms with Crippen LogP contribution in [0.3, 0.4) is 0 Å². The number of benzene rings is 2. The average molecular weight is 415 g/mol. The minimum atomic E-state index is -1.14. The van der Waals surface area contributed by atoms with E-state index in [1.54, 1.807) is 19.1 Å². The number of para-hydroxylation sites is 1. The lowest BCUT2D eigenvalue weighted by Crippen LogP contribution is -2.48. The molecule has 0 saturated carbocycles. The Hall–Kier alpha value is -3.06. The van der Waals surface area contributed by atoms with Crippen LogP contribution in [0.25, 0.3) is 0 Å². The fraction of sp³-hybridized carbons (Fsp3) is 0.286. The van der Waals surface area contributed by atoms with Crippen LogP contribution >= 0.6 is 11.6 Å². The van der Waals surface area contributed by atoms with Gasteiger partial charge in [0.2, 0.25) is 5.91 Å². The lowest BCUT2D eigenvalue weighted by atomic mass is 10.0. The zero-order valence-electron chi connectivity index (χ0n) is 16.1. The van der Waals surface area contributed by atoms with E-state index >= 15 is 0 Å². The van der Waals surface area contributed by atoms with Crippen LogP contribution in [0.2, 0.25) is 5.02 Å². The minimum absolute atomic E-state index is 0.0583. The largest absolute Gasteiger partial charge is 0.493 e. The standard InChI is InChI=1S/C21H23ClN4O3/c1-21(14-24-18(27)10-11-29-17-8-3-2-4-9-17)19(28)26(20(23)25-21)13-15-6-5-7-16(22)12-15/h2-9,12H,10-11,13-14H2,1H3,(H2,23,25)(H,24,27). The fourth-order valence-electron chi connectivity index (χ4n) is 2.98. The Morgan fingerprint density at radius 2 is 2.00 bits per heavy atom. The highest BCUT2D eigenvalue weighted by molar-refractivity contribution is 6.30. The number of hydrogen-bond donors (Lipinski definition) is 2. The van der Waals surface area contributed by atoms with Crippen LogP contribution in [-0.2, 0) is 16.1 Å². The Bertz CT molecular complexity index is 919. The Labute approximate surface area is 174 Å². The van der Waals surface area contributed by atoms with Crippen LogP contribution in [-0.4, -0.2) is 41.4 Å². The van der Waals surface area contributed by atoms with Gasteiger partial charge in [0.15, 0.2) is 11.5 Å². The fourth-order valence-corrected chi connectivity index (χ4v) is 3.19. The highest BCUT2D eigenvalue weighted by atomic mass is 35.5. The van der Waals surface area contributed by atoms with Crippen molar-refractivity contribution in [2.45, 2.75) is 25.4 Å². The molecular weight excluding hydrogens is 392 g/mol. The van der Waals surface area contributed by atoms with Gasteiger partial charge in [-0.05, 0) is 36.8 Å². The second-order valence-electron chi connectivity index (χ2n) is 6.95. The average Bonchev–Trinajstić information content (AvgIpc) is 2.91. The van der Waals surface area contributed by atoms with Gasteiger partial charge in [-0.2, -0.15) is 0 Å². The second kappa shape index (κ2) is 8.96. The number of hydrogen-bond acceptors (Lipinski definition) is 5. The van der Waals surface area contributed by atoms with Gasteiger partial charge in [-0.25, -0.2) is 4.99 Å². The quantitative estimate of drug-likeness (QED) is 0.692. The molecule has 0 saturated heterocycles. The molecule has 1 heterocycles. The first-order valence-corrected chi connectivity index (χ1v) is 9.61. The van der Waals surface area contributed by atoms with E-state index in [0.29, 0.717) is 10.8 Å².